The highest BCUT2D eigenvalue weighted by Gasteiger charge is 2.29. The zero-order chi connectivity index (χ0) is 21.0. The number of esters is 1. The molecule has 30 heavy (non-hydrogen) atoms. The first-order valence-corrected chi connectivity index (χ1v) is 9.47. The lowest BCUT2D eigenvalue weighted by Crippen LogP contribution is -2.23. The van der Waals surface area contributed by atoms with Gasteiger partial charge in [-0.1, -0.05) is 0 Å². The second kappa shape index (κ2) is 6.49. The van der Waals surface area contributed by atoms with Gasteiger partial charge in [0.05, 0.1) is 24.2 Å². The van der Waals surface area contributed by atoms with E-state index in [1.165, 1.54) is 12.1 Å². The number of amidine groups is 1. The van der Waals surface area contributed by atoms with Gasteiger partial charge in [-0.15, -0.1) is 0 Å². The van der Waals surface area contributed by atoms with Gasteiger partial charge in [-0.05, 0) is 39.0 Å². The number of halogens is 1. The largest absolute Gasteiger partial charge is 0.426 e. The lowest BCUT2D eigenvalue weighted by atomic mass is 10.0. The standard InChI is InChI=1S/C20H19FN6O3/c1-10(13-8-12(21)6-11-7-16(28)29-17(11)13)23-15-4-5-27-19(24-15)14(9-22-27)18-25-20(2,3)30-26-18/h4-6,8-10H,7H2,1-3H3,(H,23,24)(H,25,26). The Kier molecular flexibility index (Phi) is 4.00. The van der Waals surface area contributed by atoms with Crippen LogP contribution in [0, 0.1) is 5.82 Å². The molecule has 10 heteroatoms. The number of rotatable bonds is 4. The Morgan fingerprint density at radius 3 is 2.97 bits per heavy atom. The smallest absolute Gasteiger partial charge is 0.315 e. The number of hydrogen-bond acceptors (Lipinski definition) is 8. The molecule has 2 N–H and O–H groups in total. The van der Waals surface area contributed by atoms with Crippen molar-refractivity contribution in [3.05, 3.63) is 53.1 Å². The van der Waals surface area contributed by atoms with E-state index in [4.69, 9.17) is 9.57 Å². The van der Waals surface area contributed by atoms with E-state index < -0.39 is 11.5 Å². The fourth-order valence-corrected chi connectivity index (χ4v) is 3.58. The van der Waals surface area contributed by atoms with Gasteiger partial charge in [0, 0.05) is 17.3 Å². The van der Waals surface area contributed by atoms with Crippen LogP contribution in [0.4, 0.5) is 10.2 Å². The van der Waals surface area contributed by atoms with Gasteiger partial charge >= 0.3 is 5.97 Å². The van der Waals surface area contributed by atoms with E-state index in [2.05, 4.69) is 25.9 Å². The van der Waals surface area contributed by atoms with Gasteiger partial charge in [0.15, 0.2) is 17.2 Å². The first-order chi connectivity index (χ1) is 14.3. The molecule has 1 aromatic carbocycles. The second-order valence-corrected chi connectivity index (χ2v) is 7.75. The van der Waals surface area contributed by atoms with Gasteiger partial charge in [0.25, 0.3) is 0 Å². The summed E-state index contributed by atoms with van der Waals surface area (Å²) < 4.78 is 21.0. The molecule has 0 fully saturated rings. The molecule has 0 amide bonds. The third-order valence-corrected chi connectivity index (χ3v) is 4.94. The highest BCUT2D eigenvalue weighted by molar-refractivity contribution is 6.03. The normalized spacial score (nSPS) is 18.0. The van der Waals surface area contributed by atoms with Crippen LogP contribution in [0.15, 0.2) is 35.6 Å². The maximum atomic E-state index is 14.0. The average molecular weight is 410 g/mol. The van der Waals surface area contributed by atoms with Crippen LogP contribution in [0.3, 0.4) is 0 Å². The Bertz CT molecular complexity index is 1220. The average Bonchev–Trinajstić information content (AvgIpc) is 3.36. The molecule has 0 bridgehead atoms. The van der Waals surface area contributed by atoms with Crippen molar-refractivity contribution in [1.29, 1.82) is 0 Å². The topological polar surface area (TPSA) is 102 Å². The molecular formula is C20H19FN6O3. The molecule has 154 valence electrons. The van der Waals surface area contributed by atoms with Crippen LogP contribution in [0.2, 0.25) is 0 Å². The molecule has 1 unspecified atom stereocenters. The van der Waals surface area contributed by atoms with Gasteiger partial charge in [0.1, 0.15) is 17.4 Å². The van der Waals surface area contributed by atoms with E-state index >= 15 is 0 Å². The number of carbonyl (C=O) groups is 1. The highest BCUT2D eigenvalue weighted by Crippen LogP contribution is 2.36. The van der Waals surface area contributed by atoms with E-state index in [9.17, 15) is 9.18 Å². The number of nitrogens with zero attached hydrogens (tertiary/aromatic N) is 4. The van der Waals surface area contributed by atoms with Crippen LogP contribution in [-0.4, -0.2) is 32.1 Å². The lowest BCUT2D eigenvalue weighted by molar-refractivity contribution is -0.131. The molecule has 2 aromatic heterocycles. The Morgan fingerprint density at radius 2 is 2.20 bits per heavy atom. The lowest BCUT2D eigenvalue weighted by Gasteiger charge is -2.17. The number of ether oxygens (including phenoxy) is 1. The monoisotopic (exact) mass is 410 g/mol. The van der Waals surface area contributed by atoms with Crippen LogP contribution in [0.25, 0.3) is 5.65 Å². The van der Waals surface area contributed by atoms with Crippen molar-refractivity contribution in [1.82, 2.24) is 20.1 Å². The van der Waals surface area contributed by atoms with Crippen molar-refractivity contribution in [2.24, 2.45) is 4.99 Å². The van der Waals surface area contributed by atoms with Crippen molar-refractivity contribution in [3.8, 4) is 5.75 Å². The molecule has 3 aromatic rings. The van der Waals surface area contributed by atoms with Gasteiger partial charge < -0.3 is 10.1 Å². The summed E-state index contributed by atoms with van der Waals surface area (Å²) >= 11 is 0. The number of benzene rings is 1. The fourth-order valence-electron chi connectivity index (χ4n) is 3.58. The number of fused-ring (bicyclic) bond motifs is 2. The first kappa shape index (κ1) is 18.5. The van der Waals surface area contributed by atoms with Crippen LogP contribution in [-0.2, 0) is 16.1 Å². The van der Waals surface area contributed by atoms with Crippen LogP contribution in [0.5, 0.6) is 5.75 Å². The van der Waals surface area contributed by atoms with E-state index in [-0.39, 0.29) is 18.4 Å². The van der Waals surface area contributed by atoms with E-state index in [0.717, 1.165) is 0 Å². The third-order valence-electron chi connectivity index (χ3n) is 4.94. The highest BCUT2D eigenvalue weighted by atomic mass is 19.1. The summed E-state index contributed by atoms with van der Waals surface area (Å²) in [6.45, 7) is 5.53. The Hall–Kier alpha value is -3.53. The molecule has 2 aliphatic rings. The minimum absolute atomic E-state index is 0.0732. The van der Waals surface area contributed by atoms with Crippen molar-refractivity contribution < 1.29 is 18.8 Å². The quantitative estimate of drug-likeness (QED) is 0.503. The molecule has 0 spiro atoms. The molecule has 4 heterocycles. The zero-order valence-electron chi connectivity index (χ0n) is 16.6. The molecule has 2 aliphatic heterocycles. The van der Waals surface area contributed by atoms with E-state index in [1.807, 2.05) is 20.8 Å². The summed E-state index contributed by atoms with van der Waals surface area (Å²) in [5.74, 6) is 0.712. The molecule has 5 rings (SSSR count). The molecule has 0 aliphatic carbocycles. The van der Waals surface area contributed by atoms with Gasteiger partial charge in [-0.3, -0.25) is 4.79 Å². The minimum atomic E-state index is -0.677. The number of carbonyl (C=O) groups excluding carboxylic acids is 1. The fraction of sp³-hybridized carbons (Fsp3) is 0.300. The Morgan fingerprint density at radius 1 is 1.37 bits per heavy atom. The summed E-state index contributed by atoms with van der Waals surface area (Å²) in [6.07, 6.45) is 3.49. The molecular weight excluding hydrogens is 391 g/mol. The number of hydroxylamine groups is 1. The van der Waals surface area contributed by atoms with E-state index in [1.54, 1.807) is 23.0 Å². The maximum absolute atomic E-state index is 14.0. The summed E-state index contributed by atoms with van der Waals surface area (Å²) in [5.41, 5.74) is 4.52. The molecule has 1 atom stereocenters. The van der Waals surface area contributed by atoms with Crippen LogP contribution in [0.1, 0.15) is 43.5 Å². The summed E-state index contributed by atoms with van der Waals surface area (Å²) in [4.78, 5) is 26.2. The summed E-state index contributed by atoms with van der Waals surface area (Å²) in [6, 6.07) is 4.11. The number of anilines is 1. The van der Waals surface area contributed by atoms with Crippen LogP contribution >= 0.6 is 0 Å². The van der Waals surface area contributed by atoms with Gasteiger partial charge in [-0.2, -0.15) is 5.10 Å². The van der Waals surface area contributed by atoms with Crippen molar-refractivity contribution in [2.45, 2.75) is 39.0 Å². The number of nitrogens with one attached hydrogen (secondary N) is 2. The maximum Gasteiger partial charge on any atom is 0.315 e. The number of aromatic nitrogens is 3. The van der Waals surface area contributed by atoms with Crippen molar-refractivity contribution in [2.75, 3.05) is 5.32 Å². The van der Waals surface area contributed by atoms with Crippen molar-refractivity contribution >= 4 is 23.3 Å². The minimum Gasteiger partial charge on any atom is -0.426 e. The zero-order valence-corrected chi connectivity index (χ0v) is 16.6. The summed E-state index contributed by atoms with van der Waals surface area (Å²) in [7, 11) is 0. The Labute approximate surface area is 170 Å². The van der Waals surface area contributed by atoms with Gasteiger partial charge in [-0.25, -0.2) is 29.2 Å². The molecule has 0 saturated heterocycles. The predicted molar refractivity (Wildman–Crippen MR) is 106 cm³/mol. The molecule has 0 saturated carbocycles. The molecule has 9 nitrogen and oxygen atoms in total. The summed E-state index contributed by atoms with van der Waals surface area (Å²) in [5, 5.41) is 7.54. The third kappa shape index (κ3) is 3.14. The number of hydrogen-bond donors (Lipinski definition) is 2. The second-order valence-electron chi connectivity index (χ2n) is 7.75. The predicted octanol–water partition coefficient (Wildman–Crippen LogP) is 2.52. The van der Waals surface area contributed by atoms with E-state index in [0.29, 0.717) is 39.7 Å². The van der Waals surface area contributed by atoms with Crippen molar-refractivity contribution in [3.63, 3.8) is 0 Å². The molecule has 0 radical (unpaired) electrons. The van der Waals surface area contributed by atoms with Gasteiger partial charge in [0.2, 0.25) is 0 Å². The number of aliphatic imine (C=N–C) groups is 1. The SMILES string of the molecule is CC(Nc1ccn2ncc(C3=NC(C)(C)ON3)c2n1)c1cc(F)cc2c1OC(=O)C2. The Balaban J connectivity index is 1.47. The van der Waals surface area contributed by atoms with Crippen LogP contribution < -0.4 is 15.5 Å². The first-order valence-electron chi connectivity index (χ1n) is 9.47.